The quantitative estimate of drug-likeness (QED) is 0.856. The third kappa shape index (κ3) is 3.33. The average molecular weight is 326 g/mol. The van der Waals surface area contributed by atoms with Gasteiger partial charge in [-0.1, -0.05) is 11.6 Å². The molecular formula is C14H13ClFN3OS. The Morgan fingerprint density at radius 3 is 2.86 bits per heavy atom. The van der Waals surface area contributed by atoms with Crippen molar-refractivity contribution in [3.8, 4) is 0 Å². The minimum atomic E-state index is -0.573. The third-order valence-corrected chi connectivity index (χ3v) is 4.55. The van der Waals surface area contributed by atoms with E-state index in [4.69, 9.17) is 11.6 Å². The maximum absolute atomic E-state index is 13.6. The Morgan fingerprint density at radius 2 is 2.10 bits per heavy atom. The van der Waals surface area contributed by atoms with E-state index in [1.807, 2.05) is 0 Å². The van der Waals surface area contributed by atoms with E-state index in [2.05, 4.69) is 15.6 Å². The van der Waals surface area contributed by atoms with Gasteiger partial charge in [0.2, 0.25) is 0 Å². The number of urea groups is 1. The van der Waals surface area contributed by atoms with Gasteiger partial charge in [-0.3, -0.25) is 5.32 Å². The van der Waals surface area contributed by atoms with E-state index in [1.165, 1.54) is 28.3 Å². The lowest BCUT2D eigenvalue weighted by atomic mass is 10.0. The van der Waals surface area contributed by atoms with Gasteiger partial charge in [-0.15, -0.1) is 11.3 Å². The van der Waals surface area contributed by atoms with Crippen molar-refractivity contribution in [2.24, 2.45) is 0 Å². The van der Waals surface area contributed by atoms with Crippen molar-refractivity contribution >= 4 is 39.8 Å². The zero-order valence-corrected chi connectivity index (χ0v) is 12.7. The van der Waals surface area contributed by atoms with Crippen LogP contribution in [-0.4, -0.2) is 11.0 Å². The monoisotopic (exact) mass is 325 g/mol. The molecule has 1 aromatic carbocycles. The molecule has 0 saturated carbocycles. The highest BCUT2D eigenvalue weighted by Crippen LogP contribution is 2.29. The van der Waals surface area contributed by atoms with E-state index >= 15 is 0 Å². The van der Waals surface area contributed by atoms with E-state index < -0.39 is 11.8 Å². The van der Waals surface area contributed by atoms with Crippen LogP contribution >= 0.6 is 22.9 Å². The molecule has 1 aromatic heterocycles. The largest absolute Gasteiger partial charge is 0.325 e. The topological polar surface area (TPSA) is 54.0 Å². The van der Waals surface area contributed by atoms with Gasteiger partial charge in [0.05, 0.1) is 11.4 Å². The summed E-state index contributed by atoms with van der Waals surface area (Å²) >= 11 is 7.15. The van der Waals surface area contributed by atoms with Crippen LogP contribution < -0.4 is 10.6 Å². The standard InChI is InChI=1S/C14H13ClFN3OS/c15-8-5-6-10(9(16)7-8)17-13(20)19-14-18-11-3-1-2-4-12(11)21-14/h5-7H,1-4H2,(H2,17,18,19,20). The molecule has 0 atom stereocenters. The molecule has 0 fully saturated rings. The zero-order valence-electron chi connectivity index (χ0n) is 11.1. The van der Waals surface area contributed by atoms with Crippen LogP contribution in [-0.2, 0) is 12.8 Å². The molecule has 0 bridgehead atoms. The van der Waals surface area contributed by atoms with Crippen molar-refractivity contribution in [2.75, 3.05) is 10.6 Å². The molecule has 1 aliphatic carbocycles. The highest BCUT2D eigenvalue weighted by molar-refractivity contribution is 7.15. The number of rotatable bonds is 2. The second-order valence-corrected chi connectivity index (χ2v) is 6.32. The molecule has 0 aliphatic heterocycles. The van der Waals surface area contributed by atoms with Gasteiger partial charge in [0, 0.05) is 9.90 Å². The summed E-state index contributed by atoms with van der Waals surface area (Å²) < 4.78 is 13.6. The first kappa shape index (κ1) is 14.3. The normalized spacial score (nSPS) is 13.6. The number of aromatic nitrogens is 1. The molecule has 2 amide bonds. The third-order valence-electron chi connectivity index (χ3n) is 3.25. The van der Waals surface area contributed by atoms with Crippen LogP contribution in [0.2, 0.25) is 5.02 Å². The maximum atomic E-state index is 13.6. The molecule has 0 saturated heterocycles. The van der Waals surface area contributed by atoms with Crippen LogP contribution in [0.15, 0.2) is 18.2 Å². The number of benzene rings is 1. The average Bonchev–Trinajstić information content (AvgIpc) is 2.84. The van der Waals surface area contributed by atoms with Gasteiger partial charge >= 0.3 is 6.03 Å². The van der Waals surface area contributed by atoms with Crippen molar-refractivity contribution in [1.82, 2.24) is 4.98 Å². The first-order chi connectivity index (χ1) is 10.1. The molecule has 2 N–H and O–H groups in total. The minimum absolute atomic E-state index is 0.0817. The lowest BCUT2D eigenvalue weighted by molar-refractivity contribution is 0.262. The molecule has 1 heterocycles. The van der Waals surface area contributed by atoms with E-state index in [-0.39, 0.29) is 10.7 Å². The van der Waals surface area contributed by atoms with Crippen LogP contribution in [0.4, 0.5) is 20.0 Å². The smallest absolute Gasteiger partial charge is 0.305 e. The minimum Gasteiger partial charge on any atom is -0.305 e. The first-order valence-corrected chi connectivity index (χ1v) is 7.83. The number of thiazole rings is 1. The molecule has 2 aromatic rings. The molecule has 4 nitrogen and oxygen atoms in total. The predicted molar refractivity (Wildman–Crippen MR) is 82.8 cm³/mol. The Hall–Kier alpha value is -1.66. The van der Waals surface area contributed by atoms with Gasteiger partial charge in [0.25, 0.3) is 0 Å². The van der Waals surface area contributed by atoms with Gasteiger partial charge < -0.3 is 5.32 Å². The van der Waals surface area contributed by atoms with Crippen molar-refractivity contribution in [1.29, 1.82) is 0 Å². The predicted octanol–water partition coefficient (Wildman–Crippen LogP) is 4.46. The Balaban J connectivity index is 1.67. The number of carbonyl (C=O) groups excluding carboxylic acids is 1. The maximum Gasteiger partial charge on any atom is 0.325 e. The lowest BCUT2D eigenvalue weighted by Crippen LogP contribution is -2.20. The van der Waals surface area contributed by atoms with Crippen LogP contribution in [0.1, 0.15) is 23.4 Å². The SMILES string of the molecule is O=C(Nc1nc2c(s1)CCCC2)Nc1ccc(Cl)cc1F. The number of fused-ring (bicyclic) bond motifs is 1. The summed E-state index contributed by atoms with van der Waals surface area (Å²) in [6.45, 7) is 0. The second-order valence-electron chi connectivity index (χ2n) is 4.80. The number of hydrogen-bond donors (Lipinski definition) is 2. The molecule has 21 heavy (non-hydrogen) atoms. The van der Waals surface area contributed by atoms with Crippen LogP contribution in [0.25, 0.3) is 0 Å². The second kappa shape index (κ2) is 5.99. The molecule has 110 valence electrons. The number of amides is 2. The van der Waals surface area contributed by atoms with E-state index in [0.717, 1.165) is 37.4 Å². The summed E-state index contributed by atoms with van der Waals surface area (Å²) in [5.41, 5.74) is 1.15. The fraction of sp³-hybridized carbons (Fsp3) is 0.286. The molecule has 7 heteroatoms. The van der Waals surface area contributed by atoms with Gasteiger partial charge in [0.1, 0.15) is 5.82 Å². The van der Waals surface area contributed by atoms with Gasteiger partial charge in [0.15, 0.2) is 5.13 Å². The lowest BCUT2D eigenvalue weighted by Gasteiger charge is -2.06. The summed E-state index contributed by atoms with van der Waals surface area (Å²) in [6.07, 6.45) is 4.28. The number of anilines is 2. The van der Waals surface area contributed by atoms with Gasteiger partial charge in [-0.2, -0.15) is 0 Å². The summed E-state index contributed by atoms with van der Waals surface area (Å²) in [5.74, 6) is -0.573. The molecule has 0 spiro atoms. The summed E-state index contributed by atoms with van der Waals surface area (Å²) in [5, 5.41) is 5.93. The Labute approximate surface area is 130 Å². The summed E-state index contributed by atoms with van der Waals surface area (Å²) in [6, 6.07) is 3.58. The molecule has 0 radical (unpaired) electrons. The van der Waals surface area contributed by atoms with E-state index in [9.17, 15) is 9.18 Å². The van der Waals surface area contributed by atoms with Crippen molar-refractivity contribution < 1.29 is 9.18 Å². The number of nitrogens with one attached hydrogen (secondary N) is 2. The molecular weight excluding hydrogens is 313 g/mol. The number of aryl methyl sites for hydroxylation is 2. The first-order valence-electron chi connectivity index (χ1n) is 6.63. The van der Waals surface area contributed by atoms with Crippen LogP contribution in [0.3, 0.4) is 0 Å². The van der Waals surface area contributed by atoms with E-state index in [0.29, 0.717) is 5.13 Å². The Morgan fingerprint density at radius 1 is 1.29 bits per heavy atom. The van der Waals surface area contributed by atoms with Gasteiger partial charge in [-0.05, 0) is 43.9 Å². The van der Waals surface area contributed by atoms with Crippen LogP contribution in [0.5, 0.6) is 0 Å². The zero-order chi connectivity index (χ0) is 14.8. The Kier molecular flexibility index (Phi) is 4.07. The highest BCUT2D eigenvalue weighted by atomic mass is 35.5. The number of hydrogen-bond acceptors (Lipinski definition) is 3. The fourth-order valence-electron chi connectivity index (χ4n) is 2.25. The van der Waals surface area contributed by atoms with Crippen molar-refractivity contribution in [3.63, 3.8) is 0 Å². The highest BCUT2D eigenvalue weighted by Gasteiger charge is 2.16. The van der Waals surface area contributed by atoms with E-state index in [1.54, 1.807) is 0 Å². The van der Waals surface area contributed by atoms with Crippen molar-refractivity contribution in [3.05, 3.63) is 39.6 Å². The van der Waals surface area contributed by atoms with Crippen molar-refractivity contribution in [2.45, 2.75) is 25.7 Å². The number of halogens is 2. The molecule has 0 unspecified atom stereocenters. The molecule has 3 rings (SSSR count). The fourth-order valence-corrected chi connectivity index (χ4v) is 3.45. The number of nitrogens with zero attached hydrogens (tertiary/aromatic N) is 1. The summed E-state index contributed by atoms with van der Waals surface area (Å²) in [4.78, 5) is 17.5. The van der Waals surface area contributed by atoms with Crippen LogP contribution in [0, 0.1) is 5.82 Å². The summed E-state index contributed by atoms with van der Waals surface area (Å²) in [7, 11) is 0. The van der Waals surface area contributed by atoms with Gasteiger partial charge in [-0.25, -0.2) is 14.2 Å². The number of carbonyl (C=O) groups is 1. The Bertz CT molecular complexity index is 665. The molecule has 1 aliphatic rings.